The fourth-order valence-corrected chi connectivity index (χ4v) is 2.47. The molecule has 2 aromatic rings. The number of hydrogen-bond donors (Lipinski definition) is 0. The summed E-state index contributed by atoms with van der Waals surface area (Å²) in [5.41, 5.74) is 0.538. The number of hydrogen-bond acceptors (Lipinski definition) is 4. The highest BCUT2D eigenvalue weighted by Gasteiger charge is 2.07. The van der Waals surface area contributed by atoms with E-state index in [1.165, 1.54) is 18.0 Å². The summed E-state index contributed by atoms with van der Waals surface area (Å²) < 4.78 is 0.981. The molecule has 0 aliphatic heterocycles. The Kier molecular flexibility index (Phi) is 3.54. The van der Waals surface area contributed by atoms with Crippen LogP contribution in [0.1, 0.15) is 5.56 Å². The molecule has 1 heterocycles. The van der Waals surface area contributed by atoms with Gasteiger partial charge in [0.1, 0.15) is 11.1 Å². The highest BCUT2D eigenvalue weighted by molar-refractivity contribution is 9.10. The molecule has 16 heavy (non-hydrogen) atoms. The number of rotatable bonds is 2. The minimum absolute atomic E-state index is 0.538. The van der Waals surface area contributed by atoms with Crippen molar-refractivity contribution in [2.45, 2.75) is 9.92 Å². The predicted octanol–water partition coefficient (Wildman–Crippen LogP) is 3.26. The average molecular weight is 292 g/mol. The molecule has 0 saturated heterocycles. The van der Waals surface area contributed by atoms with Crippen LogP contribution in [0.5, 0.6) is 0 Å². The van der Waals surface area contributed by atoms with Crippen molar-refractivity contribution in [2.24, 2.45) is 0 Å². The molecule has 0 bridgehead atoms. The SMILES string of the molecule is N#Cc1ccnnc1Sc1ccccc1Br. The summed E-state index contributed by atoms with van der Waals surface area (Å²) in [4.78, 5) is 1.01. The topological polar surface area (TPSA) is 49.6 Å². The lowest BCUT2D eigenvalue weighted by Gasteiger charge is -2.03. The molecule has 0 N–H and O–H groups in total. The summed E-state index contributed by atoms with van der Waals surface area (Å²) in [5.74, 6) is 0. The molecule has 0 fully saturated rings. The van der Waals surface area contributed by atoms with E-state index in [-0.39, 0.29) is 0 Å². The van der Waals surface area contributed by atoms with Gasteiger partial charge in [0.2, 0.25) is 0 Å². The van der Waals surface area contributed by atoms with Crippen molar-refractivity contribution in [2.75, 3.05) is 0 Å². The van der Waals surface area contributed by atoms with Gasteiger partial charge in [0.15, 0.2) is 0 Å². The number of halogens is 1. The van der Waals surface area contributed by atoms with Gasteiger partial charge in [-0.3, -0.25) is 0 Å². The summed E-state index contributed by atoms with van der Waals surface area (Å²) in [6, 6.07) is 11.5. The molecule has 78 valence electrons. The van der Waals surface area contributed by atoms with Gasteiger partial charge in [-0.05, 0) is 34.1 Å². The Bertz CT molecular complexity index is 551. The van der Waals surface area contributed by atoms with Crippen molar-refractivity contribution in [1.82, 2.24) is 10.2 Å². The van der Waals surface area contributed by atoms with Gasteiger partial charge in [-0.25, -0.2) is 0 Å². The maximum Gasteiger partial charge on any atom is 0.141 e. The van der Waals surface area contributed by atoms with Crippen molar-refractivity contribution < 1.29 is 0 Å². The molecule has 1 aromatic carbocycles. The van der Waals surface area contributed by atoms with Crippen LogP contribution in [0.15, 0.2) is 50.9 Å². The molecule has 0 atom stereocenters. The minimum Gasteiger partial charge on any atom is -0.192 e. The fourth-order valence-electron chi connectivity index (χ4n) is 1.11. The highest BCUT2D eigenvalue weighted by atomic mass is 79.9. The van der Waals surface area contributed by atoms with Crippen LogP contribution < -0.4 is 0 Å². The third-order valence-corrected chi connectivity index (χ3v) is 3.88. The Morgan fingerprint density at radius 2 is 2.06 bits per heavy atom. The van der Waals surface area contributed by atoms with Gasteiger partial charge >= 0.3 is 0 Å². The normalized spacial score (nSPS) is 9.75. The highest BCUT2D eigenvalue weighted by Crippen LogP contribution is 2.33. The summed E-state index contributed by atoms with van der Waals surface area (Å²) >= 11 is 4.87. The number of nitriles is 1. The van der Waals surface area contributed by atoms with Gasteiger partial charge in [-0.2, -0.15) is 10.4 Å². The van der Waals surface area contributed by atoms with Crippen LogP contribution in [0.25, 0.3) is 0 Å². The Labute approximate surface area is 106 Å². The lowest BCUT2D eigenvalue weighted by Crippen LogP contribution is -1.89. The first kappa shape index (κ1) is 11.1. The molecule has 0 spiro atoms. The zero-order valence-corrected chi connectivity index (χ0v) is 10.5. The van der Waals surface area contributed by atoms with E-state index >= 15 is 0 Å². The van der Waals surface area contributed by atoms with Crippen LogP contribution in [0.3, 0.4) is 0 Å². The quantitative estimate of drug-likeness (QED) is 0.852. The Morgan fingerprint density at radius 1 is 1.25 bits per heavy atom. The smallest absolute Gasteiger partial charge is 0.141 e. The van der Waals surface area contributed by atoms with Crippen molar-refractivity contribution in [3.63, 3.8) is 0 Å². The second-order valence-electron chi connectivity index (χ2n) is 2.89. The van der Waals surface area contributed by atoms with Crippen LogP contribution >= 0.6 is 27.7 Å². The van der Waals surface area contributed by atoms with Crippen molar-refractivity contribution >= 4 is 27.7 Å². The van der Waals surface area contributed by atoms with Crippen molar-refractivity contribution in [3.05, 3.63) is 46.6 Å². The maximum atomic E-state index is 8.92. The standard InChI is InChI=1S/C11H6BrN3S/c12-9-3-1-2-4-10(9)16-11-8(7-13)5-6-14-15-11/h1-6H. The zero-order valence-electron chi connectivity index (χ0n) is 8.09. The first-order valence-electron chi connectivity index (χ1n) is 4.45. The van der Waals surface area contributed by atoms with E-state index in [1.807, 2.05) is 24.3 Å². The van der Waals surface area contributed by atoms with Gasteiger partial charge in [0.05, 0.1) is 11.8 Å². The van der Waals surface area contributed by atoms with Gasteiger partial charge in [-0.15, -0.1) is 5.10 Å². The second kappa shape index (κ2) is 5.10. The van der Waals surface area contributed by atoms with Crippen molar-refractivity contribution in [3.8, 4) is 6.07 Å². The van der Waals surface area contributed by atoms with Crippen LogP contribution in [0.4, 0.5) is 0 Å². The molecule has 1 aromatic heterocycles. The lowest BCUT2D eigenvalue weighted by atomic mass is 10.3. The van der Waals surface area contributed by atoms with Gasteiger partial charge in [0, 0.05) is 9.37 Å². The molecule has 0 saturated carbocycles. The third kappa shape index (κ3) is 2.40. The summed E-state index contributed by atoms with van der Waals surface area (Å²) in [7, 11) is 0. The van der Waals surface area contributed by atoms with E-state index in [0.717, 1.165) is 9.37 Å². The largest absolute Gasteiger partial charge is 0.192 e. The second-order valence-corrected chi connectivity index (χ2v) is 4.78. The third-order valence-electron chi connectivity index (χ3n) is 1.85. The predicted molar refractivity (Wildman–Crippen MR) is 65.0 cm³/mol. The summed E-state index contributed by atoms with van der Waals surface area (Å²) in [5, 5.41) is 17.3. The first-order valence-corrected chi connectivity index (χ1v) is 6.06. The number of aromatic nitrogens is 2. The van der Waals surface area contributed by atoms with E-state index < -0.39 is 0 Å². The first-order chi connectivity index (χ1) is 7.81. The Morgan fingerprint density at radius 3 is 2.81 bits per heavy atom. The van der Waals surface area contributed by atoms with E-state index in [0.29, 0.717) is 10.6 Å². The lowest BCUT2D eigenvalue weighted by molar-refractivity contribution is 0.919. The molecule has 0 aliphatic carbocycles. The number of nitrogens with zero attached hydrogens (tertiary/aromatic N) is 3. The summed E-state index contributed by atoms with van der Waals surface area (Å²) in [6.07, 6.45) is 1.52. The molecule has 0 radical (unpaired) electrons. The van der Waals surface area contributed by atoms with Crippen molar-refractivity contribution in [1.29, 1.82) is 5.26 Å². The van der Waals surface area contributed by atoms with E-state index in [9.17, 15) is 0 Å². The van der Waals surface area contributed by atoms with Gasteiger partial charge < -0.3 is 0 Å². The van der Waals surface area contributed by atoms with Crippen LogP contribution in [-0.2, 0) is 0 Å². The van der Waals surface area contributed by atoms with E-state index in [2.05, 4.69) is 32.2 Å². The van der Waals surface area contributed by atoms with Crippen LogP contribution in [0, 0.1) is 11.3 Å². The minimum atomic E-state index is 0.538. The van der Waals surface area contributed by atoms with Gasteiger partial charge in [0.25, 0.3) is 0 Å². The fraction of sp³-hybridized carbons (Fsp3) is 0. The molecule has 2 rings (SSSR count). The molecular weight excluding hydrogens is 286 g/mol. The van der Waals surface area contributed by atoms with Crippen LogP contribution in [-0.4, -0.2) is 10.2 Å². The maximum absolute atomic E-state index is 8.92. The van der Waals surface area contributed by atoms with Crippen LogP contribution in [0.2, 0.25) is 0 Å². The Balaban J connectivity index is 2.35. The molecule has 0 aliphatic rings. The average Bonchev–Trinajstić information content (AvgIpc) is 2.33. The molecule has 0 amide bonds. The zero-order chi connectivity index (χ0) is 11.4. The van der Waals surface area contributed by atoms with E-state index in [4.69, 9.17) is 5.26 Å². The number of benzene rings is 1. The summed E-state index contributed by atoms with van der Waals surface area (Å²) in [6.45, 7) is 0. The van der Waals surface area contributed by atoms with E-state index in [1.54, 1.807) is 6.07 Å². The van der Waals surface area contributed by atoms with Gasteiger partial charge in [-0.1, -0.05) is 23.9 Å². The molecule has 3 nitrogen and oxygen atoms in total. The Hall–Kier alpha value is -1.38. The molecule has 5 heteroatoms. The molecular formula is C11H6BrN3S. The molecule has 0 unspecified atom stereocenters. The monoisotopic (exact) mass is 291 g/mol.